The molecule has 0 saturated carbocycles. The Morgan fingerprint density at radius 3 is 2.25 bits per heavy atom. The fraction of sp³-hybridized carbons (Fsp3) is 0.571. The quantitative estimate of drug-likeness (QED) is 0.582. The van der Waals surface area contributed by atoms with E-state index in [2.05, 4.69) is 33.1 Å². The average molecular weight is 222 g/mol. The van der Waals surface area contributed by atoms with Crippen molar-refractivity contribution in [3.63, 3.8) is 0 Å². The first-order valence-electron chi connectivity index (χ1n) is 5.49. The van der Waals surface area contributed by atoms with Crippen molar-refractivity contribution in [2.24, 2.45) is 17.3 Å². The Bertz CT molecular complexity index is 325. The van der Waals surface area contributed by atoms with Crippen LogP contribution < -0.4 is 0 Å². The molecule has 2 unspecified atom stereocenters. The molecular weight excluding hydrogens is 200 g/mol. The largest absolute Gasteiger partial charge is 0.481 e. The van der Waals surface area contributed by atoms with Crippen LogP contribution >= 0.6 is 0 Å². The van der Waals surface area contributed by atoms with Crippen LogP contribution in [0, 0.1) is 17.3 Å². The summed E-state index contributed by atoms with van der Waals surface area (Å²) in [7, 11) is 0. The van der Waals surface area contributed by atoms with Crippen molar-refractivity contribution < 1.29 is 9.90 Å². The summed E-state index contributed by atoms with van der Waals surface area (Å²) >= 11 is 0. The number of rotatable bonds is 4. The zero-order valence-corrected chi connectivity index (χ0v) is 10.9. The molecule has 90 valence electrons. The second-order valence-electron chi connectivity index (χ2n) is 5.14. The molecule has 0 fully saturated rings. The molecule has 16 heavy (non-hydrogen) atoms. The number of allylic oxidation sites excluding steroid dienone is 1. The van der Waals surface area contributed by atoms with Crippen LogP contribution in [0.4, 0.5) is 0 Å². The van der Waals surface area contributed by atoms with Gasteiger partial charge in [0.05, 0.1) is 5.92 Å². The van der Waals surface area contributed by atoms with Crippen molar-refractivity contribution in [2.75, 3.05) is 0 Å². The Morgan fingerprint density at radius 1 is 1.44 bits per heavy atom. The lowest BCUT2D eigenvalue weighted by molar-refractivity contribution is -0.140. The number of hydrogen-bond donors (Lipinski definition) is 1. The summed E-state index contributed by atoms with van der Waals surface area (Å²) in [6, 6.07) is 0. The van der Waals surface area contributed by atoms with E-state index in [0.717, 1.165) is 5.57 Å². The molecule has 2 heteroatoms. The molecule has 0 bridgehead atoms. The molecule has 0 amide bonds. The van der Waals surface area contributed by atoms with Crippen molar-refractivity contribution in [3.8, 4) is 0 Å². The summed E-state index contributed by atoms with van der Waals surface area (Å²) in [4.78, 5) is 11.0. The summed E-state index contributed by atoms with van der Waals surface area (Å²) in [6.45, 7) is 13.7. The van der Waals surface area contributed by atoms with Gasteiger partial charge in [-0.25, -0.2) is 0 Å². The minimum Gasteiger partial charge on any atom is -0.481 e. The van der Waals surface area contributed by atoms with Crippen LogP contribution in [0.15, 0.2) is 30.0 Å². The predicted molar refractivity (Wildman–Crippen MR) is 67.2 cm³/mol. The summed E-state index contributed by atoms with van der Waals surface area (Å²) in [5.41, 5.74) is 4.16. The van der Waals surface area contributed by atoms with E-state index in [9.17, 15) is 4.79 Å². The molecule has 1 N–H and O–H groups in total. The summed E-state index contributed by atoms with van der Waals surface area (Å²) in [6.07, 6.45) is 3.29. The summed E-state index contributed by atoms with van der Waals surface area (Å²) < 4.78 is 0. The lowest BCUT2D eigenvalue weighted by atomic mass is 9.87. The van der Waals surface area contributed by atoms with E-state index in [1.165, 1.54) is 0 Å². The smallest absolute Gasteiger partial charge is 0.311 e. The van der Waals surface area contributed by atoms with Gasteiger partial charge < -0.3 is 5.11 Å². The van der Waals surface area contributed by atoms with E-state index < -0.39 is 11.9 Å². The molecule has 2 atom stereocenters. The minimum atomic E-state index is -0.832. The molecule has 0 aliphatic heterocycles. The van der Waals surface area contributed by atoms with Gasteiger partial charge in [0.1, 0.15) is 0 Å². The van der Waals surface area contributed by atoms with Crippen LogP contribution in [0.5, 0.6) is 0 Å². The maximum atomic E-state index is 11.0. The molecule has 0 aliphatic rings. The molecule has 0 aliphatic carbocycles. The highest BCUT2D eigenvalue weighted by Crippen LogP contribution is 2.24. The third-order valence-electron chi connectivity index (χ3n) is 2.83. The molecular formula is C14H22O2. The second kappa shape index (κ2) is 5.72. The number of carbonyl (C=O) groups is 1. The van der Waals surface area contributed by atoms with Gasteiger partial charge in [-0.2, -0.15) is 0 Å². The predicted octanol–water partition coefficient (Wildman–Crippen LogP) is 3.66. The van der Waals surface area contributed by atoms with E-state index in [1.807, 2.05) is 13.8 Å². The lowest BCUT2D eigenvalue weighted by Crippen LogP contribution is -2.17. The molecule has 0 heterocycles. The Morgan fingerprint density at radius 2 is 1.94 bits per heavy atom. The van der Waals surface area contributed by atoms with Gasteiger partial charge in [-0.15, -0.1) is 12.3 Å². The minimum absolute atomic E-state index is 0.0248. The Labute approximate surface area is 98.4 Å². The molecule has 0 rings (SSSR count). The van der Waals surface area contributed by atoms with Crippen molar-refractivity contribution in [2.45, 2.75) is 34.6 Å². The van der Waals surface area contributed by atoms with Gasteiger partial charge in [0, 0.05) is 0 Å². The van der Waals surface area contributed by atoms with Gasteiger partial charge in [0.2, 0.25) is 0 Å². The summed E-state index contributed by atoms with van der Waals surface area (Å²) in [5.74, 6) is -1.46. The standard InChI is InChI=1S/C14H22O2/c1-7-10(2)12(13(15)16)9-8-11(3)14(4,5)6/h7,9-10,12H,1H2,2-6H3,(H,15,16). The molecule has 0 aromatic carbocycles. The monoisotopic (exact) mass is 222 g/mol. The maximum Gasteiger partial charge on any atom is 0.311 e. The lowest BCUT2D eigenvalue weighted by Gasteiger charge is -2.17. The van der Waals surface area contributed by atoms with Gasteiger partial charge in [-0.1, -0.05) is 33.8 Å². The number of aliphatic carboxylic acids is 1. The van der Waals surface area contributed by atoms with Crippen molar-refractivity contribution in [1.82, 2.24) is 0 Å². The van der Waals surface area contributed by atoms with Crippen LogP contribution in [0.1, 0.15) is 34.6 Å². The fourth-order valence-corrected chi connectivity index (χ4v) is 1.03. The van der Waals surface area contributed by atoms with Crippen molar-refractivity contribution >= 4 is 5.97 Å². The molecule has 0 saturated heterocycles. The van der Waals surface area contributed by atoms with E-state index in [4.69, 9.17) is 5.11 Å². The zero-order valence-electron chi connectivity index (χ0n) is 10.9. The number of hydrogen-bond acceptors (Lipinski definition) is 1. The topological polar surface area (TPSA) is 37.3 Å². The highest BCUT2D eigenvalue weighted by atomic mass is 16.4. The van der Waals surface area contributed by atoms with Gasteiger partial charge in [0.25, 0.3) is 0 Å². The fourth-order valence-electron chi connectivity index (χ4n) is 1.03. The van der Waals surface area contributed by atoms with Crippen molar-refractivity contribution in [3.05, 3.63) is 30.0 Å². The third-order valence-corrected chi connectivity index (χ3v) is 2.83. The van der Waals surface area contributed by atoms with E-state index >= 15 is 0 Å². The van der Waals surface area contributed by atoms with E-state index in [0.29, 0.717) is 0 Å². The van der Waals surface area contributed by atoms with Crippen LogP contribution in [0.3, 0.4) is 0 Å². The van der Waals surface area contributed by atoms with Crippen LogP contribution in [0.25, 0.3) is 0 Å². The maximum absolute atomic E-state index is 11.0. The van der Waals surface area contributed by atoms with Crippen LogP contribution in [-0.4, -0.2) is 11.1 Å². The highest BCUT2D eigenvalue weighted by Gasteiger charge is 2.19. The van der Waals surface area contributed by atoms with Crippen LogP contribution in [-0.2, 0) is 4.79 Å². The van der Waals surface area contributed by atoms with Gasteiger partial charge >= 0.3 is 5.97 Å². The highest BCUT2D eigenvalue weighted by molar-refractivity contribution is 5.72. The normalized spacial score (nSPS) is 14.6. The number of carboxylic acids is 1. The molecule has 0 radical (unpaired) electrons. The summed E-state index contributed by atoms with van der Waals surface area (Å²) in [5, 5.41) is 9.06. The third kappa shape index (κ3) is 4.50. The Balaban J connectivity index is 5.10. The number of carboxylic acid groups (broad SMARTS) is 1. The molecule has 0 aromatic heterocycles. The van der Waals surface area contributed by atoms with Gasteiger partial charge in [0.15, 0.2) is 0 Å². The van der Waals surface area contributed by atoms with Crippen molar-refractivity contribution in [1.29, 1.82) is 0 Å². The molecule has 0 spiro atoms. The average Bonchev–Trinajstić information content (AvgIpc) is 2.15. The Hall–Kier alpha value is -1.27. The Kier molecular flexibility index (Phi) is 5.26. The van der Waals surface area contributed by atoms with Crippen LogP contribution in [0.2, 0.25) is 0 Å². The van der Waals surface area contributed by atoms with E-state index in [-0.39, 0.29) is 11.3 Å². The molecule has 0 aromatic rings. The zero-order chi connectivity index (χ0) is 12.9. The first kappa shape index (κ1) is 14.7. The second-order valence-corrected chi connectivity index (χ2v) is 5.14. The first-order valence-corrected chi connectivity index (χ1v) is 5.49. The first-order chi connectivity index (χ1) is 7.20. The van der Waals surface area contributed by atoms with E-state index in [1.54, 1.807) is 12.2 Å². The molecule has 2 nitrogen and oxygen atoms in total. The van der Waals surface area contributed by atoms with Gasteiger partial charge in [-0.05, 0) is 29.9 Å². The SMILES string of the molecule is C=CC(C)C(C=C=C(C)C(C)(C)C)C(=O)O. The van der Waals surface area contributed by atoms with Gasteiger partial charge in [-0.3, -0.25) is 4.79 Å².